The molecule has 1 N–H and O–H groups in total. The van der Waals surface area contributed by atoms with Crippen molar-refractivity contribution < 1.29 is 17.9 Å². The predicted octanol–water partition coefficient (Wildman–Crippen LogP) is 2.32. The molecule has 8 heteroatoms. The lowest BCUT2D eigenvalue weighted by Gasteiger charge is -2.37. The van der Waals surface area contributed by atoms with Crippen molar-refractivity contribution in [2.24, 2.45) is 11.8 Å². The van der Waals surface area contributed by atoms with Gasteiger partial charge in [0.25, 0.3) is 10.2 Å². The molecule has 2 fully saturated rings. The highest BCUT2D eigenvalue weighted by atomic mass is 32.2. The SMILES string of the molecule is COc1ccccc1NC(=O)C1CCCN(S(=O)(=O)N2CCC(C)CC2)C1. The number of nitrogens with one attached hydrogen (secondary N) is 1. The second-order valence-electron chi connectivity index (χ2n) is 7.48. The summed E-state index contributed by atoms with van der Waals surface area (Å²) in [7, 11) is -1.94. The smallest absolute Gasteiger partial charge is 0.281 e. The molecule has 0 radical (unpaired) electrons. The monoisotopic (exact) mass is 395 g/mol. The summed E-state index contributed by atoms with van der Waals surface area (Å²) in [6.07, 6.45) is 3.16. The Balaban J connectivity index is 1.65. The van der Waals surface area contributed by atoms with Crippen molar-refractivity contribution >= 4 is 21.8 Å². The van der Waals surface area contributed by atoms with Gasteiger partial charge in [-0.2, -0.15) is 17.0 Å². The van der Waals surface area contributed by atoms with Crippen molar-refractivity contribution in [1.82, 2.24) is 8.61 Å². The molecule has 150 valence electrons. The standard InChI is InChI=1S/C19H29N3O4S/c1-15-9-12-21(13-10-15)27(24,25)22-11-5-6-16(14-22)19(23)20-17-7-3-4-8-18(17)26-2/h3-4,7-8,15-16H,5-6,9-14H2,1-2H3,(H,20,23). The number of hydrogen-bond acceptors (Lipinski definition) is 4. The van der Waals surface area contributed by atoms with Gasteiger partial charge < -0.3 is 10.1 Å². The summed E-state index contributed by atoms with van der Waals surface area (Å²) in [5.74, 6) is 0.638. The third kappa shape index (κ3) is 4.62. The van der Waals surface area contributed by atoms with Crippen LogP contribution < -0.4 is 10.1 Å². The third-order valence-corrected chi connectivity index (χ3v) is 7.52. The van der Waals surface area contributed by atoms with E-state index < -0.39 is 10.2 Å². The Labute approximate surface area is 161 Å². The van der Waals surface area contributed by atoms with Gasteiger partial charge in [-0.3, -0.25) is 4.79 Å². The van der Waals surface area contributed by atoms with E-state index in [-0.39, 0.29) is 18.4 Å². The summed E-state index contributed by atoms with van der Waals surface area (Å²) in [6, 6.07) is 7.23. The van der Waals surface area contributed by atoms with Crippen LogP contribution in [0.3, 0.4) is 0 Å². The highest BCUT2D eigenvalue weighted by molar-refractivity contribution is 7.86. The average Bonchev–Trinajstić information content (AvgIpc) is 2.69. The predicted molar refractivity (Wildman–Crippen MR) is 105 cm³/mol. The maximum absolute atomic E-state index is 13.0. The van der Waals surface area contributed by atoms with Crippen LogP contribution >= 0.6 is 0 Å². The topological polar surface area (TPSA) is 79.0 Å². The van der Waals surface area contributed by atoms with Crippen molar-refractivity contribution in [3.05, 3.63) is 24.3 Å². The molecular weight excluding hydrogens is 366 g/mol. The molecule has 2 aliphatic heterocycles. The Kier molecular flexibility index (Phi) is 6.39. The molecule has 2 aliphatic rings. The fourth-order valence-corrected chi connectivity index (χ4v) is 5.45. The van der Waals surface area contributed by atoms with Crippen LogP contribution in [0, 0.1) is 11.8 Å². The normalized spacial score (nSPS) is 23.1. The van der Waals surface area contributed by atoms with Crippen LogP contribution in [0.4, 0.5) is 5.69 Å². The number of ether oxygens (including phenoxy) is 1. The number of methoxy groups -OCH3 is 1. The van der Waals surface area contributed by atoms with Gasteiger partial charge in [0, 0.05) is 26.2 Å². The van der Waals surface area contributed by atoms with E-state index >= 15 is 0 Å². The van der Waals surface area contributed by atoms with Crippen LogP contribution in [0.2, 0.25) is 0 Å². The first-order valence-electron chi connectivity index (χ1n) is 9.61. The number of para-hydroxylation sites is 2. The van der Waals surface area contributed by atoms with Crippen LogP contribution in [0.25, 0.3) is 0 Å². The fraction of sp³-hybridized carbons (Fsp3) is 0.632. The van der Waals surface area contributed by atoms with Gasteiger partial charge in [-0.25, -0.2) is 0 Å². The first-order chi connectivity index (χ1) is 12.9. The molecule has 0 aliphatic carbocycles. The fourth-order valence-electron chi connectivity index (χ4n) is 3.73. The number of carbonyl (C=O) groups excluding carboxylic acids is 1. The molecule has 7 nitrogen and oxygen atoms in total. The molecule has 1 unspecified atom stereocenters. The lowest BCUT2D eigenvalue weighted by molar-refractivity contribution is -0.120. The molecule has 2 heterocycles. The van der Waals surface area contributed by atoms with Crippen LogP contribution in [0.5, 0.6) is 5.75 Å². The summed E-state index contributed by atoms with van der Waals surface area (Å²) in [5.41, 5.74) is 0.606. The first kappa shape index (κ1) is 20.1. The Morgan fingerprint density at radius 2 is 1.81 bits per heavy atom. The minimum Gasteiger partial charge on any atom is -0.495 e. The molecule has 27 heavy (non-hydrogen) atoms. The molecule has 2 saturated heterocycles. The zero-order valence-corrected chi connectivity index (χ0v) is 16.9. The number of carbonyl (C=O) groups is 1. The summed E-state index contributed by atoms with van der Waals surface area (Å²) in [6.45, 7) is 4.00. The van der Waals surface area contributed by atoms with Gasteiger partial charge in [-0.15, -0.1) is 0 Å². The van der Waals surface area contributed by atoms with Gasteiger partial charge >= 0.3 is 0 Å². The molecule has 1 aromatic rings. The lowest BCUT2D eigenvalue weighted by Crippen LogP contribution is -2.51. The number of rotatable bonds is 5. The van der Waals surface area contributed by atoms with Crippen molar-refractivity contribution in [1.29, 1.82) is 0 Å². The molecular formula is C19H29N3O4S. The molecule has 3 rings (SSSR count). The molecule has 1 atom stereocenters. The van der Waals surface area contributed by atoms with Gasteiger partial charge in [0.2, 0.25) is 5.91 Å². The zero-order chi connectivity index (χ0) is 19.4. The van der Waals surface area contributed by atoms with E-state index in [9.17, 15) is 13.2 Å². The Morgan fingerprint density at radius 3 is 2.52 bits per heavy atom. The second-order valence-corrected chi connectivity index (χ2v) is 9.40. The van der Waals surface area contributed by atoms with Crippen molar-refractivity contribution in [2.75, 3.05) is 38.6 Å². The van der Waals surface area contributed by atoms with Crippen molar-refractivity contribution in [3.8, 4) is 5.75 Å². The van der Waals surface area contributed by atoms with Crippen LogP contribution in [-0.4, -0.2) is 56.2 Å². The number of piperidine rings is 2. The highest BCUT2D eigenvalue weighted by Gasteiger charge is 2.37. The number of anilines is 1. The Morgan fingerprint density at radius 1 is 1.11 bits per heavy atom. The highest BCUT2D eigenvalue weighted by Crippen LogP contribution is 2.28. The van der Waals surface area contributed by atoms with E-state index in [2.05, 4.69) is 12.2 Å². The van der Waals surface area contributed by atoms with Crippen LogP contribution in [0.1, 0.15) is 32.6 Å². The Bertz CT molecular complexity index is 760. The van der Waals surface area contributed by atoms with Crippen molar-refractivity contribution in [2.45, 2.75) is 32.6 Å². The van der Waals surface area contributed by atoms with Crippen molar-refractivity contribution in [3.63, 3.8) is 0 Å². The summed E-state index contributed by atoms with van der Waals surface area (Å²) >= 11 is 0. The third-order valence-electron chi connectivity index (χ3n) is 5.51. The first-order valence-corrected chi connectivity index (χ1v) is 11.0. The average molecular weight is 396 g/mol. The maximum Gasteiger partial charge on any atom is 0.281 e. The number of nitrogens with zero attached hydrogens (tertiary/aromatic N) is 2. The Hall–Kier alpha value is -1.64. The molecule has 0 bridgehead atoms. The number of amides is 1. The molecule has 1 amide bonds. The number of benzene rings is 1. The maximum atomic E-state index is 13.0. The lowest BCUT2D eigenvalue weighted by atomic mass is 9.98. The van der Waals surface area contributed by atoms with Gasteiger partial charge in [0.15, 0.2) is 0 Å². The molecule has 1 aromatic carbocycles. The van der Waals surface area contributed by atoms with Gasteiger partial charge in [0.05, 0.1) is 18.7 Å². The summed E-state index contributed by atoms with van der Waals surface area (Å²) in [4.78, 5) is 12.7. The van der Waals surface area contributed by atoms with E-state index in [0.29, 0.717) is 49.8 Å². The van der Waals surface area contributed by atoms with E-state index in [0.717, 1.165) is 12.8 Å². The molecule has 0 saturated carbocycles. The number of hydrogen-bond donors (Lipinski definition) is 1. The van der Waals surface area contributed by atoms with E-state index in [1.807, 2.05) is 12.1 Å². The van der Waals surface area contributed by atoms with Crippen LogP contribution in [0.15, 0.2) is 24.3 Å². The zero-order valence-electron chi connectivity index (χ0n) is 16.1. The van der Waals surface area contributed by atoms with E-state index in [4.69, 9.17) is 4.74 Å². The second kappa shape index (κ2) is 8.58. The van der Waals surface area contributed by atoms with Gasteiger partial charge in [-0.1, -0.05) is 19.1 Å². The quantitative estimate of drug-likeness (QED) is 0.830. The molecule has 0 aromatic heterocycles. The van der Waals surface area contributed by atoms with E-state index in [1.54, 1.807) is 23.5 Å². The molecule has 0 spiro atoms. The summed E-state index contributed by atoms with van der Waals surface area (Å²) < 4.78 is 34.3. The van der Waals surface area contributed by atoms with Gasteiger partial charge in [-0.05, 0) is 43.7 Å². The largest absolute Gasteiger partial charge is 0.495 e. The van der Waals surface area contributed by atoms with Gasteiger partial charge in [0.1, 0.15) is 5.75 Å². The minimum absolute atomic E-state index is 0.160. The van der Waals surface area contributed by atoms with E-state index in [1.165, 1.54) is 4.31 Å². The minimum atomic E-state index is -3.50. The van der Waals surface area contributed by atoms with Crippen LogP contribution in [-0.2, 0) is 15.0 Å². The summed E-state index contributed by atoms with van der Waals surface area (Å²) in [5, 5.41) is 2.89.